The number of nitrogens with zero attached hydrogens (tertiary/aromatic N) is 1. The molecule has 0 aliphatic heterocycles. The third-order valence-electron chi connectivity index (χ3n) is 3.48. The number of thiophene rings is 2. The van der Waals surface area contributed by atoms with E-state index < -0.39 is 20.0 Å². The molecule has 1 aromatic carbocycles. The summed E-state index contributed by atoms with van der Waals surface area (Å²) in [5, 5.41) is 3.04. The van der Waals surface area contributed by atoms with Crippen LogP contribution in [0.2, 0.25) is 5.02 Å². The molecule has 0 spiro atoms. The van der Waals surface area contributed by atoms with Gasteiger partial charge in [0.25, 0.3) is 20.0 Å². The van der Waals surface area contributed by atoms with Gasteiger partial charge in [-0.15, -0.1) is 22.7 Å². The SMILES string of the molecule is CC(=O)c1ccc(N(S(=O)(=O)c2cccs2)S(=O)(=O)c2cccs2)cc1Cl. The molecule has 0 unspecified atom stereocenters. The van der Waals surface area contributed by atoms with Crippen molar-refractivity contribution in [1.82, 2.24) is 0 Å². The summed E-state index contributed by atoms with van der Waals surface area (Å²) in [4.78, 5) is 11.6. The van der Waals surface area contributed by atoms with Crippen molar-refractivity contribution in [3.8, 4) is 0 Å². The maximum Gasteiger partial charge on any atom is 0.287 e. The monoisotopic (exact) mass is 461 g/mol. The fourth-order valence-corrected chi connectivity index (χ4v) is 8.66. The lowest BCUT2D eigenvalue weighted by Gasteiger charge is -2.23. The van der Waals surface area contributed by atoms with Gasteiger partial charge in [0.05, 0.1) is 10.7 Å². The molecule has 2 aromatic heterocycles. The zero-order valence-electron chi connectivity index (χ0n) is 13.7. The number of carbonyl (C=O) groups excluding carboxylic acids is 1. The number of hydrogen-bond donors (Lipinski definition) is 0. The van der Waals surface area contributed by atoms with Gasteiger partial charge in [0.2, 0.25) is 0 Å². The van der Waals surface area contributed by atoms with E-state index >= 15 is 0 Å². The van der Waals surface area contributed by atoms with E-state index in [1.54, 1.807) is 0 Å². The molecular weight excluding hydrogens is 450 g/mol. The van der Waals surface area contributed by atoms with Crippen LogP contribution in [-0.2, 0) is 20.0 Å². The van der Waals surface area contributed by atoms with Gasteiger partial charge in [-0.2, -0.15) is 20.5 Å². The highest BCUT2D eigenvalue weighted by atomic mass is 35.5. The van der Waals surface area contributed by atoms with Gasteiger partial charge in [0.1, 0.15) is 8.42 Å². The Bertz CT molecular complexity index is 1120. The van der Waals surface area contributed by atoms with Crippen LogP contribution in [0.1, 0.15) is 17.3 Å². The normalized spacial score (nSPS) is 12.1. The Morgan fingerprint density at radius 1 is 0.926 bits per heavy atom. The Morgan fingerprint density at radius 2 is 1.44 bits per heavy atom. The van der Waals surface area contributed by atoms with Crippen LogP contribution in [0.15, 0.2) is 61.6 Å². The van der Waals surface area contributed by atoms with Crippen LogP contribution in [0.25, 0.3) is 0 Å². The minimum absolute atomic E-state index is 0.0345. The zero-order chi connectivity index (χ0) is 19.8. The number of carbonyl (C=O) groups is 1. The van der Waals surface area contributed by atoms with Crippen LogP contribution in [0.3, 0.4) is 0 Å². The molecule has 0 fully saturated rings. The molecule has 3 rings (SSSR count). The van der Waals surface area contributed by atoms with Gasteiger partial charge >= 0.3 is 0 Å². The van der Waals surface area contributed by atoms with Crippen molar-refractivity contribution in [2.24, 2.45) is 0 Å². The number of Topliss-reactive ketones (excluding diaryl/α,β-unsaturated/α-hetero) is 1. The summed E-state index contributed by atoms with van der Waals surface area (Å²) >= 11 is 7.89. The molecule has 0 amide bonds. The number of anilines is 1. The lowest BCUT2D eigenvalue weighted by atomic mass is 10.1. The summed E-state index contributed by atoms with van der Waals surface area (Å²) in [6.07, 6.45) is 0. The molecule has 0 saturated heterocycles. The molecular formula is C16H12ClNO5S4. The lowest BCUT2D eigenvalue weighted by molar-refractivity contribution is 0.101. The van der Waals surface area contributed by atoms with Crippen molar-refractivity contribution in [3.05, 3.63) is 63.8 Å². The fourth-order valence-electron chi connectivity index (χ4n) is 2.29. The Hall–Kier alpha value is -1.72. The summed E-state index contributed by atoms with van der Waals surface area (Å²) in [6.45, 7) is 1.31. The molecule has 11 heteroatoms. The highest BCUT2D eigenvalue weighted by Crippen LogP contribution is 2.35. The minimum Gasteiger partial charge on any atom is -0.294 e. The van der Waals surface area contributed by atoms with Crippen molar-refractivity contribution in [2.75, 3.05) is 3.71 Å². The first-order valence-electron chi connectivity index (χ1n) is 7.34. The summed E-state index contributed by atoms with van der Waals surface area (Å²) in [5.74, 6) is -0.319. The first-order valence-corrected chi connectivity index (χ1v) is 12.4. The third kappa shape index (κ3) is 3.67. The molecule has 0 radical (unpaired) electrons. The first kappa shape index (κ1) is 20.0. The lowest BCUT2D eigenvalue weighted by Crippen LogP contribution is -2.36. The number of halogens is 1. The minimum atomic E-state index is -4.42. The maximum absolute atomic E-state index is 13.1. The van der Waals surface area contributed by atoms with E-state index in [0.29, 0.717) is 3.71 Å². The predicted molar refractivity (Wildman–Crippen MR) is 107 cm³/mol. The van der Waals surface area contributed by atoms with Crippen LogP contribution < -0.4 is 3.71 Å². The van der Waals surface area contributed by atoms with Crippen LogP contribution in [0.4, 0.5) is 5.69 Å². The summed E-state index contributed by atoms with van der Waals surface area (Å²) in [5.41, 5.74) is -0.00536. The summed E-state index contributed by atoms with van der Waals surface area (Å²) in [7, 11) is -8.83. The molecule has 2 heterocycles. The molecule has 27 heavy (non-hydrogen) atoms. The van der Waals surface area contributed by atoms with E-state index in [4.69, 9.17) is 11.6 Å². The van der Waals surface area contributed by atoms with Crippen LogP contribution >= 0.6 is 34.3 Å². The largest absolute Gasteiger partial charge is 0.294 e. The zero-order valence-corrected chi connectivity index (χ0v) is 17.7. The van der Waals surface area contributed by atoms with E-state index in [0.717, 1.165) is 28.7 Å². The number of rotatable bonds is 6. The second-order valence-electron chi connectivity index (χ2n) is 5.29. The van der Waals surface area contributed by atoms with Crippen molar-refractivity contribution >= 4 is 65.8 Å². The van der Waals surface area contributed by atoms with E-state index in [9.17, 15) is 21.6 Å². The van der Waals surface area contributed by atoms with Gasteiger partial charge < -0.3 is 0 Å². The number of sulfonamides is 2. The Labute approximate surface area is 169 Å². The van der Waals surface area contributed by atoms with Gasteiger partial charge in [-0.3, -0.25) is 4.79 Å². The van der Waals surface area contributed by atoms with Gasteiger partial charge in [-0.1, -0.05) is 23.7 Å². The van der Waals surface area contributed by atoms with Gasteiger partial charge in [-0.25, -0.2) is 0 Å². The number of hydrogen-bond acceptors (Lipinski definition) is 7. The van der Waals surface area contributed by atoms with E-state index in [1.165, 1.54) is 54.1 Å². The second-order valence-corrected chi connectivity index (χ2v) is 11.9. The molecule has 142 valence electrons. The van der Waals surface area contributed by atoms with Crippen molar-refractivity contribution in [1.29, 1.82) is 0 Å². The number of ketones is 1. The Balaban J connectivity index is 2.27. The molecule has 3 aromatic rings. The highest BCUT2D eigenvalue weighted by molar-refractivity contribution is 8.11. The first-order chi connectivity index (χ1) is 12.7. The van der Waals surface area contributed by atoms with E-state index in [2.05, 4.69) is 0 Å². The molecule has 0 aliphatic carbocycles. The summed E-state index contributed by atoms with van der Waals surface area (Å²) in [6, 6.07) is 9.39. The Kier molecular flexibility index (Phi) is 5.46. The molecule has 6 nitrogen and oxygen atoms in total. The van der Waals surface area contributed by atoms with Crippen molar-refractivity contribution in [3.63, 3.8) is 0 Å². The molecule has 0 saturated carbocycles. The fraction of sp³-hybridized carbons (Fsp3) is 0.0625. The molecule has 0 bridgehead atoms. The number of benzene rings is 1. The quantitative estimate of drug-likeness (QED) is 0.512. The topological polar surface area (TPSA) is 88.6 Å². The predicted octanol–water partition coefficient (Wildman–Crippen LogP) is 4.25. The van der Waals surface area contributed by atoms with Gasteiger partial charge in [0, 0.05) is 5.56 Å². The standard InChI is InChI=1S/C16H12ClNO5S4/c1-11(19)13-7-6-12(10-14(13)17)18(26(20,21)15-4-2-8-24-15)27(22,23)16-5-3-9-25-16/h2-10H,1H3. The average molecular weight is 462 g/mol. The van der Waals surface area contributed by atoms with Crippen LogP contribution in [0, 0.1) is 0 Å². The Morgan fingerprint density at radius 3 is 1.81 bits per heavy atom. The summed E-state index contributed by atoms with van der Waals surface area (Å²) < 4.78 is 52.6. The third-order valence-corrected chi connectivity index (χ3v) is 10.7. The molecule has 0 aliphatic rings. The van der Waals surface area contributed by atoms with Crippen LogP contribution in [0.5, 0.6) is 0 Å². The van der Waals surface area contributed by atoms with Crippen molar-refractivity contribution < 1.29 is 21.6 Å². The highest BCUT2D eigenvalue weighted by Gasteiger charge is 2.38. The molecule has 0 atom stereocenters. The van der Waals surface area contributed by atoms with Gasteiger partial charge in [-0.05, 0) is 48.0 Å². The smallest absolute Gasteiger partial charge is 0.287 e. The average Bonchev–Trinajstić information content (AvgIpc) is 3.28. The van der Waals surface area contributed by atoms with Gasteiger partial charge in [0.15, 0.2) is 5.78 Å². The maximum atomic E-state index is 13.1. The van der Waals surface area contributed by atoms with E-state index in [1.807, 2.05) is 0 Å². The molecule has 0 N–H and O–H groups in total. The van der Waals surface area contributed by atoms with E-state index in [-0.39, 0.29) is 30.5 Å². The second kappa shape index (κ2) is 7.36. The van der Waals surface area contributed by atoms with Crippen LogP contribution in [-0.4, -0.2) is 22.6 Å². The van der Waals surface area contributed by atoms with Crippen molar-refractivity contribution in [2.45, 2.75) is 15.3 Å².